The Hall–Kier alpha value is -1.22. The van der Waals surface area contributed by atoms with Gasteiger partial charge in [-0.1, -0.05) is 12.1 Å². The average Bonchev–Trinajstić information content (AvgIpc) is 2.33. The highest BCUT2D eigenvalue weighted by Crippen LogP contribution is 2.09. The summed E-state index contributed by atoms with van der Waals surface area (Å²) in [5, 5.41) is 0. The first kappa shape index (κ1) is 9.86. The minimum Gasteiger partial charge on any atom is -0.295 e. The summed E-state index contributed by atoms with van der Waals surface area (Å²) >= 11 is 0. The molecule has 2 aromatic rings. The van der Waals surface area contributed by atoms with Gasteiger partial charge in [-0.15, -0.1) is 12.4 Å². The molecule has 3 nitrogen and oxygen atoms in total. The van der Waals surface area contributed by atoms with Crippen LogP contribution in [0.2, 0.25) is 0 Å². The summed E-state index contributed by atoms with van der Waals surface area (Å²) in [6.45, 7) is 0. The van der Waals surface area contributed by atoms with Crippen LogP contribution < -0.4 is 5.69 Å². The van der Waals surface area contributed by atoms with Gasteiger partial charge in [0, 0.05) is 14.1 Å². The highest BCUT2D eigenvalue weighted by molar-refractivity contribution is 5.85. The van der Waals surface area contributed by atoms with Crippen LogP contribution in [0.3, 0.4) is 0 Å². The first-order valence-corrected chi connectivity index (χ1v) is 3.82. The van der Waals surface area contributed by atoms with Crippen molar-refractivity contribution in [3.8, 4) is 0 Å². The van der Waals surface area contributed by atoms with Crippen LogP contribution in [0.25, 0.3) is 11.0 Å². The SMILES string of the molecule is Cl.Cn1c(=O)n(C)c2ccccc21. The van der Waals surface area contributed by atoms with Crippen LogP contribution in [-0.2, 0) is 14.1 Å². The first-order valence-electron chi connectivity index (χ1n) is 3.82. The summed E-state index contributed by atoms with van der Waals surface area (Å²) in [5.41, 5.74) is 1.98. The molecule has 0 aliphatic heterocycles. The van der Waals surface area contributed by atoms with Crippen LogP contribution in [0.4, 0.5) is 0 Å². The monoisotopic (exact) mass is 198 g/mol. The topological polar surface area (TPSA) is 26.9 Å². The third-order valence-electron chi connectivity index (χ3n) is 2.18. The minimum absolute atomic E-state index is 0. The lowest BCUT2D eigenvalue weighted by Gasteiger charge is -1.90. The largest absolute Gasteiger partial charge is 0.328 e. The summed E-state index contributed by atoms with van der Waals surface area (Å²) in [5.74, 6) is 0. The van der Waals surface area contributed by atoms with E-state index in [-0.39, 0.29) is 18.1 Å². The van der Waals surface area contributed by atoms with Crippen LogP contribution in [0.15, 0.2) is 29.1 Å². The van der Waals surface area contributed by atoms with Crippen LogP contribution in [0, 0.1) is 0 Å². The standard InChI is InChI=1S/C9H10N2O.ClH/c1-10-7-5-3-4-6-8(7)11(2)9(10)12;/h3-6H,1-2H3;1H. The lowest BCUT2D eigenvalue weighted by Crippen LogP contribution is -2.19. The average molecular weight is 199 g/mol. The Morgan fingerprint density at radius 2 is 1.38 bits per heavy atom. The molecule has 0 N–H and O–H groups in total. The number of para-hydroxylation sites is 2. The van der Waals surface area contributed by atoms with Crippen LogP contribution in [-0.4, -0.2) is 9.13 Å². The lowest BCUT2D eigenvalue weighted by molar-refractivity contribution is 0.795. The number of rotatable bonds is 0. The molecule has 1 aromatic heterocycles. The molecule has 1 aromatic carbocycles. The molecular weight excluding hydrogens is 188 g/mol. The van der Waals surface area contributed by atoms with Gasteiger partial charge in [-0.25, -0.2) is 4.79 Å². The van der Waals surface area contributed by atoms with Gasteiger partial charge in [0.05, 0.1) is 11.0 Å². The summed E-state index contributed by atoms with van der Waals surface area (Å²) in [6, 6.07) is 7.75. The molecule has 0 fully saturated rings. The van der Waals surface area contributed by atoms with Crippen molar-refractivity contribution in [3.63, 3.8) is 0 Å². The number of halogens is 1. The predicted octanol–water partition coefficient (Wildman–Crippen LogP) is 1.30. The molecule has 0 aliphatic carbocycles. The van der Waals surface area contributed by atoms with Gasteiger partial charge in [0.1, 0.15) is 0 Å². The molecule has 2 rings (SSSR count). The Morgan fingerprint density at radius 3 is 1.77 bits per heavy atom. The van der Waals surface area contributed by atoms with E-state index in [2.05, 4.69) is 0 Å². The highest BCUT2D eigenvalue weighted by atomic mass is 35.5. The molecular formula is C9H11ClN2O. The zero-order valence-corrected chi connectivity index (χ0v) is 8.34. The van der Waals surface area contributed by atoms with E-state index in [1.165, 1.54) is 0 Å². The van der Waals surface area contributed by atoms with Crippen molar-refractivity contribution in [1.29, 1.82) is 0 Å². The maximum absolute atomic E-state index is 11.4. The fourth-order valence-corrected chi connectivity index (χ4v) is 1.46. The van der Waals surface area contributed by atoms with E-state index < -0.39 is 0 Å². The Labute approximate surface area is 82.0 Å². The van der Waals surface area contributed by atoms with E-state index in [0.29, 0.717) is 0 Å². The van der Waals surface area contributed by atoms with Crippen molar-refractivity contribution in [2.45, 2.75) is 0 Å². The summed E-state index contributed by atoms with van der Waals surface area (Å²) in [4.78, 5) is 11.4. The summed E-state index contributed by atoms with van der Waals surface area (Å²) in [7, 11) is 3.56. The smallest absolute Gasteiger partial charge is 0.295 e. The fourth-order valence-electron chi connectivity index (χ4n) is 1.46. The van der Waals surface area contributed by atoms with Gasteiger partial charge >= 0.3 is 5.69 Å². The van der Waals surface area contributed by atoms with Crippen molar-refractivity contribution in [2.75, 3.05) is 0 Å². The highest BCUT2D eigenvalue weighted by Gasteiger charge is 2.04. The Balaban J connectivity index is 0.000000845. The van der Waals surface area contributed by atoms with Gasteiger partial charge < -0.3 is 0 Å². The van der Waals surface area contributed by atoms with Crippen LogP contribution in [0.1, 0.15) is 0 Å². The van der Waals surface area contributed by atoms with Crippen molar-refractivity contribution in [3.05, 3.63) is 34.7 Å². The number of benzene rings is 1. The molecule has 0 atom stereocenters. The van der Waals surface area contributed by atoms with Gasteiger partial charge in [0.15, 0.2) is 0 Å². The third kappa shape index (κ3) is 1.25. The molecule has 13 heavy (non-hydrogen) atoms. The second-order valence-corrected chi connectivity index (χ2v) is 2.89. The van der Waals surface area contributed by atoms with Gasteiger partial charge in [-0.05, 0) is 12.1 Å². The molecule has 0 spiro atoms. The predicted molar refractivity (Wildman–Crippen MR) is 55.4 cm³/mol. The van der Waals surface area contributed by atoms with Crippen molar-refractivity contribution >= 4 is 23.4 Å². The van der Waals surface area contributed by atoms with E-state index in [9.17, 15) is 4.79 Å². The minimum atomic E-state index is 0. The maximum atomic E-state index is 11.4. The van der Waals surface area contributed by atoms with E-state index in [1.54, 1.807) is 23.2 Å². The van der Waals surface area contributed by atoms with E-state index >= 15 is 0 Å². The van der Waals surface area contributed by atoms with Gasteiger partial charge in [-0.3, -0.25) is 9.13 Å². The first-order chi connectivity index (χ1) is 5.72. The molecule has 4 heteroatoms. The lowest BCUT2D eigenvalue weighted by atomic mass is 10.3. The number of imidazole rings is 1. The molecule has 70 valence electrons. The van der Waals surface area contributed by atoms with Crippen molar-refractivity contribution in [1.82, 2.24) is 9.13 Å². The molecule has 0 saturated heterocycles. The second-order valence-electron chi connectivity index (χ2n) is 2.89. The van der Waals surface area contributed by atoms with E-state index in [1.807, 2.05) is 24.3 Å². The molecule has 0 amide bonds. The number of aryl methyl sites for hydroxylation is 2. The van der Waals surface area contributed by atoms with Crippen molar-refractivity contribution < 1.29 is 0 Å². The third-order valence-corrected chi connectivity index (χ3v) is 2.18. The zero-order valence-electron chi connectivity index (χ0n) is 7.52. The fraction of sp³-hybridized carbons (Fsp3) is 0.222. The summed E-state index contributed by atoms with van der Waals surface area (Å²) in [6.07, 6.45) is 0. The molecule has 0 aliphatic rings. The Kier molecular flexibility index (Phi) is 2.48. The molecule has 0 bridgehead atoms. The molecule has 1 heterocycles. The van der Waals surface area contributed by atoms with Crippen molar-refractivity contribution in [2.24, 2.45) is 14.1 Å². The number of hydrogen-bond acceptors (Lipinski definition) is 1. The Bertz CT molecular complexity index is 442. The van der Waals surface area contributed by atoms with Crippen LogP contribution in [0.5, 0.6) is 0 Å². The molecule has 0 saturated carbocycles. The number of nitrogens with zero attached hydrogens (tertiary/aromatic N) is 2. The van der Waals surface area contributed by atoms with Gasteiger partial charge in [0.25, 0.3) is 0 Å². The Morgan fingerprint density at radius 1 is 1.00 bits per heavy atom. The van der Waals surface area contributed by atoms with E-state index in [4.69, 9.17) is 0 Å². The van der Waals surface area contributed by atoms with E-state index in [0.717, 1.165) is 11.0 Å². The normalized spacial score (nSPS) is 10.0. The number of hydrogen-bond donors (Lipinski definition) is 0. The van der Waals surface area contributed by atoms with Gasteiger partial charge in [-0.2, -0.15) is 0 Å². The number of fused-ring (bicyclic) bond motifs is 1. The maximum Gasteiger partial charge on any atom is 0.328 e. The molecule has 0 radical (unpaired) electrons. The molecule has 0 unspecified atom stereocenters. The summed E-state index contributed by atoms with van der Waals surface area (Å²) < 4.78 is 3.30. The van der Waals surface area contributed by atoms with Gasteiger partial charge in [0.2, 0.25) is 0 Å². The van der Waals surface area contributed by atoms with Crippen LogP contribution >= 0.6 is 12.4 Å². The second kappa shape index (κ2) is 3.26. The quantitative estimate of drug-likeness (QED) is 0.627. The number of aromatic nitrogens is 2. The zero-order chi connectivity index (χ0) is 8.72.